The number of sulfone groups is 1. The first kappa shape index (κ1) is 22.5. The van der Waals surface area contributed by atoms with Gasteiger partial charge in [-0.25, -0.2) is 16.8 Å². The third-order valence-electron chi connectivity index (χ3n) is 6.70. The molecule has 8 heteroatoms. The minimum absolute atomic E-state index is 0.0266. The molecular weight excluding hydrogens is 432 g/mol. The molecule has 0 radical (unpaired) electrons. The second-order valence-corrected chi connectivity index (χ2v) is 12.6. The van der Waals surface area contributed by atoms with Gasteiger partial charge in [-0.3, -0.25) is 4.90 Å². The van der Waals surface area contributed by atoms with E-state index in [0.717, 1.165) is 31.2 Å². The van der Waals surface area contributed by atoms with Crippen LogP contribution in [0.2, 0.25) is 0 Å². The van der Waals surface area contributed by atoms with Gasteiger partial charge in [-0.2, -0.15) is 4.31 Å². The summed E-state index contributed by atoms with van der Waals surface area (Å²) in [6, 6.07) is 14.8. The van der Waals surface area contributed by atoms with Crippen LogP contribution in [0.5, 0.6) is 0 Å². The molecule has 31 heavy (non-hydrogen) atoms. The van der Waals surface area contributed by atoms with Crippen LogP contribution in [0, 0.1) is 6.92 Å². The molecule has 2 aliphatic rings. The molecule has 2 fully saturated rings. The molecule has 1 saturated heterocycles. The molecule has 3 atom stereocenters. The standard InChI is InChI=1S/C23H30N2O4S2/c1-18-12-14-21(15-13-18)31(28,29)25-16-19(24(2)22-10-6-7-11-23(22)25)17-30(26,27)20-8-4-3-5-9-20/h3-5,8-9,12-15,19,22-23H,6-7,10-11,16-17H2,1-2H3/t19-,22-,23?/m0/s1. The highest BCUT2D eigenvalue weighted by Crippen LogP contribution is 2.36. The average molecular weight is 463 g/mol. The van der Waals surface area contributed by atoms with Crippen LogP contribution in [0.3, 0.4) is 0 Å². The lowest BCUT2D eigenvalue weighted by Gasteiger charge is -2.51. The van der Waals surface area contributed by atoms with Gasteiger partial charge in [0.25, 0.3) is 0 Å². The number of rotatable bonds is 5. The van der Waals surface area contributed by atoms with Crippen molar-refractivity contribution in [1.29, 1.82) is 0 Å². The maximum atomic E-state index is 13.6. The highest BCUT2D eigenvalue weighted by Gasteiger charge is 2.47. The summed E-state index contributed by atoms with van der Waals surface area (Å²) in [7, 11) is -5.30. The number of piperazine rings is 1. The number of likely N-dealkylation sites (N-methyl/N-ethyl adjacent to an activating group) is 1. The molecule has 1 heterocycles. The molecule has 0 bridgehead atoms. The van der Waals surface area contributed by atoms with Crippen molar-refractivity contribution < 1.29 is 16.8 Å². The van der Waals surface area contributed by atoms with E-state index in [4.69, 9.17) is 0 Å². The maximum Gasteiger partial charge on any atom is 0.243 e. The van der Waals surface area contributed by atoms with Crippen LogP contribution < -0.4 is 0 Å². The zero-order chi connectivity index (χ0) is 22.2. The number of hydrogen-bond donors (Lipinski definition) is 0. The third kappa shape index (κ3) is 4.44. The van der Waals surface area contributed by atoms with E-state index in [0.29, 0.717) is 0 Å². The van der Waals surface area contributed by atoms with Crippen molar-refractivity contribution in [2.75, 3.05) is 19.3 Å². The summed E-state index contributed by atoms with van der Waals surface area (Å²) in [6.07, 6.45) is 3.70. The molecule has 0 amide bonds. The molecule has 2 aromatic carbocycles. The van der Waals surface area contributed by atoms with Gasteiger partial charge >= 0.3 is 0 Å². The van der Waals surface area contributed by atoms with Crippen LogP contribution in [0.1, 0.15) is 31.2 Å². The predicted molar refractivity (Wildman–Crippen MR) is 121 cm³/mol. The Morgan fingerprint density at radius 3 is 2.10 bits per heavy atom. The molecule has 1 aliphatic carbocycles. The number of hydrogen-bond acceptors (Lipinski definition) is 5. The number of benzene rings is 2. The van der Waals surface area contributed by atoms with Crippen LogP contribution in [-0.4, -0.2) is 63.5 Å². The predicted octanol–water partition coefficient (Wildman–Crippen LogP) is 3.08. The lowest BCUT2D eigenvalue weighted by Crippen LogP contribution is -2.65. The van der Waals surface area contributed by atoms with Crippen LogP contribution in [0.4, 0.5) is 0 Å². The first-order valence-corrected chi connectivity index (χ1v) is 13.9. The van der Waals surface area contributed by atoms with Crippen LogP contribution in [-0.2, 0) is 19.9 Å². The van der Waals surface area contributed by atoms with E-state index >= 15 is 0 Å². The van der Waals surface area contributed by atoms with E-state index in [1.165, 1.54) is 0 Å². The summed E-state index contributed by atoms with van der Waals surface area (Å²) in [6.45, 7) is 2.10. The van der Waals surface area contributed by atoms with Gasteiger partial charge in [0, 0.05) is 24.7 Å². The summed E-state index contributed by atoms with van der Waals surface area (Å²) in [4.78, 5) is 2.67. The lowest BCUT2D eigenvalue weighted by atomic mass is 9.86. The molecular formula is C23H30N2O4S2. The molecule has 168 valence electrons. The van der Waals surface area contributed by atoms with E-state index in [9.17, 15) is 16.8 Å². The van der Waals surface area contributed by atoms with Crippen molar-refractivity contribution in [1.82, 2.24) is 9.21 Å². The second-order valence-electron chi connectivity index (χ2n) is 8.72. The van der Waals surface area contributed by atoms with Gasteiger partial charge < -0.3 is 0 Å². The molecule has 1 unspecified atom stereocenters. The highest BCUT2D eigenvalue weighted by atomic mass is 32.2. The van der Waals surface area contributed by atoms with Crippen molar-refractivity contribution in [3.05, 3.63) is 60.2 Å². The second kappa shape index (κ2) is 8.65. The van der Waals surface area contributed by atoms with Gasteiger partial charge in [-0.1, -0.05) is 48.7 Å². The van der Waals surface area contributed by atoms with Gasteiger partial charge in [-0.15, -0.1) is 0 Å². The smallest absolute Gasteiger partial charge is 0.243 e. The third-order valence-corrected chi connectivity index (χ3v) is 10.4. The average Bonchev–Trinajstić information content (AvgIpc) is 2.76. The molecule has 6 nitrogen and oxygen atoms in total. The Labute approximate surface area is 185 Å². The minimum atomic E-state index is -3.71. The van der Waals surface area contributed by atoms with E-state index in [1.54, 1.807) is 58.9 Å². The van der Waals surface area contributed by atoms with Crippen molar-refractivity contribution in [2.45, 2.75) is 60.5 Å². The Morgan fingerprint density at radius 1 is 0.839 bits per heavy atom. The van der Waals surface area contributed by atoms with Gasteiger partial charge in [-0.05, 0) is 51.1 Å². The summed E-state index contributed by atoms with van der Waals surface area (Å²) in [5.41, 5.74) is 1.000. The summed E-state index contributed by atoms with van der Waals surface area (Å²) in [5, 5.41) is 0. The van der Waals surface area contributed by atoms with Crippen LogP contribution >= 0.6 is 0 Å². The Morgan fingerprint density at radius 2 is 1.45 bits per heavy atom. The van der Waals surface area contributed by atoms with Crippen molar-refractivity contribution >= 4 is 19.9 Å². The number of fused-ring (bicyclic) bond motifs is 1. The maximum absolute atomic E-state index is 13.6. The quantitative estimate of drug-likeness (QED) is 0.683. The summed E-state index contributed by atoms with van der Waals surface area (Å²) >= 11 is 0. The molecule has 0 spiro atoms. The van der Waals surface area contributed by atoms with Crippen molar-refractivity contribution in [3.8, 4) is 0 Å². The summed E-state index contributed by atoms with van der Waals surface area (Å²) in [5.74, 6) is -0.101. The first-order valence-electron chi connectivity index (χ1n) is 10.8. The SMILES string of the molecule is Cc1ccc(S(=O)(=O)N2C[C@@H](CS(=O)(=O)c3ccccc3)N(C)[C@H]3CCCCC32)cc1. The molecule has 2 aromatic rings. The number of aryl methyl sites for hydroxylation is 1. The molecule has 4 rings (SSSR count). The Balaban J connectivity index is 1.68. The molecule has 0 aromatic heterocycles. The van der Waals surface area contributed by atoms with Gasteiger partial charge in [0.05, 0.1) is 15.5 Å². The van der Waals surface area contributed by atoms with E-state index in [2.05, 4.69) is 4.90 Å². The largest absolute Gasteiger partial charge is 0.297 e. The van der Waals surface area contributed by atoms with E-state index in [1.807, 2.05) is 14.0 Å². The molecule has 1 saturated carbocycles. The molecule has 0 N–H and O–H groups in total. The topological polar surface area (TPSA) is 74.8 Å². The van der Waals surface area contributed by atoms with Crippen molar-refractivity contribution in [3.63, 3.8) is 0 Å². The summed E-state index contributed by atoms with van der Waals surface area (Å²) < 4.78 is 54.9. The minimum Gasteiger partial charge on any atom is -0.297 e. The monoisotopic (exact) mass is 462 g/mol. The van der Waals surface area contributed by atoms with Gasteiger partial charge in [0.2, 0.25) is 10.0 Å². The number of sulfonamides is 1. The molecule has 1 aliphatic heterocycles. The fourth-order valence-electron chi connectivity index (χ4n) is 4.91. The van der Waals surface area contributed by atoms with E-state index in [-0.39, 0.29) is 34.2 Å². The Kier molecular flexibility index (Phi) is 6.27. The Hall–Kier alpha value is -1.74. The lowest BCUT2D eigenvalue weighted by molar-refractivity contribution is 0.0229. The normalized spacial score (nSPS) is 25.8. The van der Waals surface area contributed by atoms with Gasteiger partial charge in [0.15, 0.2) is 9.84 Å². The van der Waals surface area contributed by atoms with Gasteiger partial charge in [0.1, 0.15) is 0 Å². The zero-order valence-electron chi connectivity index (χ0n) is 18.0. The van der Waals surface area contributed by atoms with Crippen molar-refractivity contribution in [2.24, 2.45) is 0 Å². The Bertz CT molecular complexity index is 1120. The fraction of sp³-hybridized carbons (Fsp3) is 0.478. The van der Waals surface area contributed by atoms with E-state index < -0.39 is 25.9 Å². The van der Waals surface area contributed by atoms with Crippen LogP contribution in [0.15, 0.2) is 64.4 Å². The first-order chi connectivity index (χ1) is 14.7. The van der Waals surface area contributed by atoms with Crippen LogP contribution in [0.25, 0.3) is 0 Å². The fourth-order valence-corrected chi connectivity index (χ4v) is 8.25. The highest BCUT2D eigenvalue weighted by molar-refractivity contribution is 7.91. The zero-order valence-corrected chi connectivity index (χ0v) is 19.6. The number of nitrogens with zero attached hydrogens (tertiary/aromatic N) is 2.